The number of nitrogens with two attached hydrogens (primary N) is 1. The summed E-state index contributed by atoms with van der Waals surface area (Å²) in [5.41, 5.74) is 21.4. The third kappa shape index (κ3) is 12.3. The maximum Gasteiger partial charge on any atom is 0.180 e. The Morgan fingerprint density at radius 3 is 2.09 bits per heavy atom. The number of anilines is 5. The van der Waals surface area contributed by atoms with Crippen LogP contribution in [0, 0.1) is 12.3 Å². The number of imidazole rings is 1. The topological polar surface area (TPSA) is 225 Å². The summed E-state index contributed by atoms with van der Waals surface area (Å²) in [7, 11) is 4.31. The standard InChI is InChI=1S/C32H35N9.C27H30N10.C2H6/c1-21-30(41-14-12-40(4)13-15-41)10-11-36-32(21)39-23(3)31(34)27-17-29(37-20-28(27)33)25-16-26(19-35-18-25)38-22(2)24-8-6-5-7-9-24;1-35-8-10-37(11-9-35)23-4-5-29-26-25(23)31-27(32-26)24-20-13-21(30-16-22(20)33-34-24)19-12-18(14-28-15-19)17-36-6-2-3-7-36;1-2/h5-11,16-20,34,38H,2-3,12-15,33H2,1,4H3,(H,36,39);4-5,12-16H,2-3,6-11,17H2,1H3,(H,33,34)(H,29,31,32);1-2H3. The van der Waals surface area contributed by atoms with E-state index in [1.54, 1.807) is 30.9 Å². The molecule has 0 bridgehead atoms. The van der Waals surface area contributed by atoms with Crippen molar-refractivity contribution in [2.45, 2.75) is 40.2 Å². The number of fused-ring (bicyclic) bond motifs is 2. The quantitative estimate of drug-likeness (QED) is 0.0558. The van der Waals surface area contributed by atoms with Gasteiger partial charge >= 0.3 is 0 Å². The van der Waals surface area contributed by atoms with Crippen LogP contribution in [-0.2, 0) is 6.54 Å². The van der Waals surface area contributed by atoms with Gasteiger partial charge in [-0.25, -0.2) is 15.0 Å². The van der Waals surface area contributed by atoms with Crippen LogP contribution >= 0.6 is 0 Å². The van der Waals surface area contributed by atoms with Gasteiger partial charge in [-0.05, 0) is 94.5 Å². The van der Waals surface area contributed by atoms with E-state index < -0.39 is 0 Å². The minimum Gasteiger partial charge on any atom is -0.397 e. The Balaban J connectivity index is 0.000000175. The monoisotopic (exact) mass is 1070 g/mol. The molecular formula is C61H71N19. The van der Waals surface area contributed by atoms with Crippen molar-refractivity contribution in [2.75, 3.05) is 106 Å². The van der Waals surface area contributed by atoms with Gasteiger partial charge < -0.3 is 41.0 Å². The van der Waals surface area contributed by atoms with Gasteiger partial charge in [-0.15, -0.1) is 0 Å². The van der Waals surface area contributed by atoms with Crippen molar-refractivity contribution in [3.63, 3.8) is 0 Å². The fourth-order valence-electron chi connectivity index (χ4n) is 10.3. The molecule has 410 valence electrons. The van der Waals surface area contributed by atoms with Crippen LogP contribution in [0.1, 0.15) is 48.9 Å². The molecule has 1 aromatic carbocycles. The lowest BCUT2D eigenvalue weighted by atomic mass is 10.0. The van der Waals surface area contributed by atoms with Gasteiger partial charge in [0.25, 0.3) is 0 Å². The first-order chi connectivity index (χ1) is 39.0. The second kappa shape index (κ2) is 24.8. The number of H-pyrrole nitrogens is 2. The maximum atomic E-state index is 8.90. The number of nitrogens with one attached hydrogen (secondary N) is 5. The number of nitrogen functional groups attached to an aromatic ring is 1. The molecule has 0 radical (unpaired) electrons. The minimum atomic E-state index is 0.164. The molecule has 3 aliphatic rings. The average molecular weight is 1070 g/mol. The highest BCUT2D eigenvalue weighted by atomic mass is 15.3. The molecule has 0 unspecified atom stereocenters. The van der Waals surface area contributed by atoms with Gasteiger partial charge in [-0.2, -0.15) is 5.10 Å². The van der Waals surface area contributed by atoms with E-state index in [9.17, 15) is 0 Å². The number of hydrogen-bond donors (Lipinski definition) is 6. The highest BCUT2D eigenvalue weighted by Crippen LogP contribution is 2.33. The van der Waals surface area contributed by atoms with Crippen LogP contribution in [0.3, 0.4) is 0 Å². The van der Waals surface area contributed by atoms with Gasteiger partial charge in [0.1, 0.15) is 17.0 Å². The lowest BCUT2D eigenvalue weighted by Crippen LogP contribution is -2.44. The molecule has 19 heteroatoms. The van der Waals surface area contributed by atoms with E-state index in [2.05, 4.69) is 121 Å². The number of rotatable bonds is 14. The van der Waals surface area contributed by atoms with E-state index in [1.165, 1.54) is 18.4 Å². The number of allylic oxidation sites excluding steroid dienone is 1. The average Bonchev–Trinajstić information content (AvgIpc) is 4.30. The predicted molar refractivity (Wildman–Crippen MR) is 325 cm³/mol. The Hall–Kier alpha value is -8.91. The number of aromatic amines is 2. The summed E-state index contributed by atoms with van der Waals surface area (Å²) >= 11 is 0. The van der Waals surface area contributed by atoms with Gasteiger partial charge in [-0.1, -0.05) is 57.3 Å². The molecule has 11 heterocycles. The first-order valence-electron chi connectivity index (χ1n) is 27.5. The van der Waals surface area contributed by atoms with Gasteiger partial charge in [0.05, 0.1) is 64.0 Å². The number of pyridine rings is 6. The summed E-state index contributed by atoms with van der Waals surface area (Å²) in [6.45, 7) is 25.6. The van der Waals surface area contributed by atoms with Crippen LogP contribution in [0.2, 0.25) is 0 Å². The SMILES string of the molecule is C=C(Nc1nccc(N2CCN(C)CC2)c1C)C(=N)c1cc(-c2cncc(NC(=C)c3ccccc3)c2)ncc1N.CC.CN1CCN(c2ccnc3nc(-c4n[nH]c5cnc(-c6cncc(CN7CCCC7)c6)cc45)[nH]c23)CC1. The fraction of sp³-hybridized carbons (Fsp3) is 0.295. The highest BCUT2D eigenvalue weighted by molar-refractivity contribution is 6.15. The van der Waals surface area contributed by atoms with Crippen molar-refractivity contribution in [1.82, 2.24) is 64.8 Å². The summed E-state index contributed by atoms with van der Waals surface area (Å²) in [5.74, 6) is 1.37. The maximum absolute atomic E-state index is 8.90. The molecule has 3 fully saturated rings. The molecule has 80 heavy (non-hydrogen) atoms. The van der Waals surface area contributed by atoms with E-state index in [0.29, 0.717) is 39.9 Å². The van der Waals surface area contributed by atoms with Crippen molar-refractivity contribution >= 4 is 62.0 Å². The Labute approximate surface area is 467 Å². The first kappa shape index (κ1) is 54.4. The largest absolute Gasteiger partial charge is 0.397 e. The molecule has 0 saturated carbocycles. The summed E-state index contributed by atoms with van der Waals surface area (Å²) in [6.07, 6.45) is 16.9. The molecular weight excluding hydrogens is 999 g/mol. The van der Waals surface area contributed by atoms with E-state index in [4.69, 9.17) is 21.1 Å². The van der Waals surface area contributed by atoms with Crippen molar-refractivity contribution in [2.24, 2.45) is 0 Å². The Bertz CT molecular complexity index is 3620. The molecule has 9 aromatic rings. The van der Waals surface area contributed by atoms with Gasteiger partial charge in [0.2, 0.25) is 0 Å². The molecule has 0 atom stereocenters. The Morgan fingerprint density at radius 2 is 1.35 bits per heavy atom. The number of piperazine rings is 2. The number of nitrogens with zero attached hydrogens (tertiary/aromatic N) is 13. The second-order valence-corrected chi connectivity index (χ2v) is 20.3. The third-order valence-electron chi connectivity index (χ3n) is 14.8. The zero-order valence-corrected chi connectivity index (χ0v) is 46.5. The molecule has 0 amide bonds. The molecule has 0 spiro atoms. The second-order valence-electron chi connectivity index (χ2n) is 20.3. The highest BCUT2D eigenvalue weighted by Gasteiger charge is 2.23. The first-order valence-corrected chi connectivity index (χ1v) is 27.5. The Morgan fingerprint density at radius 1 is 0.700 bits per heavy atom. The van der Waals surface area contributed by atoms with E-state index in [0.717, 1.165) is 145 Å². The molecule has 3 aliphatic heterocycles. The van der Waals surface area contributed by atoms with Crippen LogP contribution < -0.4 is 26.2 Å². The zero-order chi connectivity index (χ0) is 55.7. The lowest BCUT2D eigenvalue weighted by Gasteiger charge is -2.35. The van der Waals surface area contributed by atoms with E-state index in [1.807, 2.05) is 88.0 Å². The van der Waals surface area contributed by atoms with Crippen molar-refractivity contribution in [1.29, 1.82) is 5.41 Å². The van der Waals surface area contributed by atoms with Crippen molar-refractivity contribution in [3.8, 4) is 34.0 Å². The fourth-order valence-corrected chi connectivity index (χ4v) is 10.3. The van der Waals surface area contributed by atoms with E-state index in [-0.39, 0.29) is 5.71 Å². The summed E-state index contributed by atoms with van der Waals surface area (Å²) in [5, 5.41) is 24.2. The van der Waals surface area contributed by atoms with Gasteiger partial charge in [-0.3, -0.25) is 35.3 Å². The number of aromatic nitrogens is 10. The Kier molecular flexibility index (Phi) is 16.9. The van der Waals surface area contributed by atoms with Gasteiger partial charge in [0.15, 0.2) is 11.5 Å². The van der Waals surface area contributed by atoms with Crippen LogP contribution in [0.4, 0.5) is 28.6 Å². The number of benzene rings is 1. The van der Waals surface area contributed by atoms with Crippen LogP contribution in [0.15, 0.2) is 135 Å². The number of hydrogen-bond acceptors (Lipinski definition) is 17. The minimum absolute atomic E-state index is 0.164. The van der Waals surface area contributed by atoms with E-state index >= 15 is 0 Å². The molecule has 7 N–H and O–H groups in total. The lowest BCUT2D eigenvalue weighted by molar-refractivity contribution is 0.312. The van der Waals surface area contributed by atoms with Crippen molar-refractivity contribution < 1.29 is 0 Å². The van der Waals surface area contributed by atoms with Crippen LogP contribution in [0.5, 0.6) is 0 Å². The summed E-state index contributed by atoms with van der Waals surface area (Å²) < 4.78 is 0. The number of likely N-dealkylation sites (N-methyl/N-ethyl adjacent to an activating group) is 2. The molecule has 3 saturated heterocycles. The number of likely N-dealkylation sites (tertiary alicyclic amines) is 1. The normalized spacial score (nSPS) is 15.0. The predicted octanol–water partition coefficient (Wildman–Crippen LogP) is 9.59. The van der Waals surface area contributed by atoms with Gasteiger partial charge in [0, 0.05) is 129 Å². The van der Waals surface area contributed by atoms with Crippen LogP contribution in [-0.4, -0.2) is 150 Å². The molecule has 19 nitrogen and oxygen atoms in total. The summed E-state index contributed by atoms with van der Waals surface area (Å²) in [4.78, 5) is 47.5. The smallest absolute Gasteiger partial charge is 0.180 e. The molecule has 0 aliphatic carbocycles. The molecule has 8 aromatic heterocycles. The third-order valence-corrected chi connectivity index (χ3v) is 14.8. The van der Waals surface area contributed by atoms with Crippen LogP contribution in [0.25, 0.3) is 61.8 Å². The summed E-state index contributed by atoms with van der Waals surface area (Å²) in [6, 6.07) is 22.0. The zero-order valence-electron chi connectivity index (χ0n) is 46.5. The molecule has 12 rings (SSSR count). The van der Waals surface area contributed by atoms with Crippen molar-refractivity contribution in [3.05, 3.63) is 157 Å².